The molecule has 0 saturated carbocycles. The fourth-order valence-electron chi connectivity index (χ4n) is 1.03. The van der Waals surface area contributed by atoms with Crippen LogP contribution in [0.15, 0.2) is 24.5 Å². The van der Waals surface area contributed by atoms with Crippen LogP contribution < -0.4 is 4.73 Å². The maximum Gasteiger partial charge on any atom is 0.222 e. The molecular weight excluding hydrogens is 218 g/mol. The number of hydrogen-bond donors (Lipinski definition) is 1. The van der Waals surface area contributed by atoms with Gasteiger partial charge in [-0.1, -0.05) is 20.8 Å². The Labute approximate surface area is 98.8 Å². The van der Waals surface area contributed by atoms with Crippen LogP contribution in [0.3, 0.4) is 0 Å². The van der Waals surface area contributed by atoms with Crippen LogP contribution in [0.2, 0.25) is 18.1 Å². The molecular formula is C12H22NO2Si+. The van der Waals surface area contributed by atoms with Crippen molar-refractivity contribution in [3.05, 3.63) is 30.1 Å². The van der Waals surface area contributed by atoms with Gasteiger partial charge in [-0.05, 0) is 23.7 Å². The van der Waals surface area contributed by atoms with E-state index in [0.717, 1.165) is 10.3 Å². The summed E-state index contributed by atoms with van der Waals surface area (Å²) in [5.74, 6) is 0. The van der Waals surface area contributed by atoms with E-state index in [2.05, 4.69) is 33.9 Å². The molecule has 0 amide bonds. The van der Waals surface area contributed by atoms with Gasteiger partial charge in [0.25, 0.3) is 0 Å². The van der Waals surface area contributed by atoms with Gasteiger partial charge in [0.15, 0.2) is 8.32 Å². The van der Waals surface area contributed by atoms with Crippen molar-refractivity contribution in [3.63, 3.8) is 0 Å². The number of rotatable bonds is 3. The Kier molecular flexibility index (Phi) is 3.75. The normalized spacial score (nSPS) is 12.8. The second-order valence-corrected chi connectivity index (χ2v) is 10.4. The standard InChI is InChI=1S/C12H22NO2Si/c1-12(2,3)16(4,5)15-10-11-6-8-13(14)9-7-11/h6-9,14H,10H2,1-5H3/q+1. The first-order valence-corrected chi connectivity index (χ1v) is 8.47. The Morgan fingerprint density at radius 1 is 1.25 bits per heavy atom. The first kappa shape index (κ1) is 13.2. The average molecular weight is 240 g/mol. The molecule has 0 bridgehead atoms. The van der Waals surface area contributed by atoms with E-state index < -0.39 is 8.32 Å². The van der Waals surface area contributed by atoms with Gasteiger partial charge in [0.05, 0.1) is 6.61 Å². The highest BCUT2D eigenvalue weighted by molar-refractivity contribution is 6.74. The van der Waals surface area contributed by atoms with Gasteiger partial charge in [-0.25, -0.2) is 0 Å². The van der Waals surface area contributed by atoms with Crippen LogP contribution in [-0.2, 0) is 11.0 Å². The number of pyridine rings is 1. The third kappa shape index (κ3) is 3.32. The first-order valence-electron chi connectivity index (χ1n) is 5.56. The molecule has 0 radical (unpaired) electrons. The zero-order valence-corrected chi connectivity index (χ0v) is 11.8. The molecule has 1 rings (SSSR count). The van der Waals surface area contributed by atoms with Gasteiger partial charge < -0.3 is 4.43 Å². The van der Waals surface area contributed by atoms with Crippen molar-refractivity contribution < 1.29 is 14.4 Å². The van der Waals surface area contributed by atoms with Gasteiger partial charge in [-0.3, -0.25) is 5.21 Å². The van der Waals surface area contributed by atoms with Crippen molar-refractivity contribution in [2.45, 2.75) is 45.5 Å². The monoisotopic (exact) mass is 240 g/mol. The third-order valence-electron chi connectivity index (χ3n) is 3.29. The van der Waals surface area contributed by atoms with Crippen LogP contribution in [0, 0.1) is 0 Å². The smallest absolute Gasteiger partial charge is 0.222 e. The minimum atomic E-state index is -1.67. The van der Waals surface area contributed by atoms with Crippen molar-refractivity contribution >= 4 is 8.32 Å². The zero-order valence-electron chi connectivity index (χ0n) is 10.8. The number of hydrogen-bond acceptors (Lipinski definition) is 2. The third-order valence-corrected chi connectivity index (χ3v) is 7.77. The molecule has 0 saturated heterocycles. The summed E-state index contributed by atoms with van der Waals surface area (Å²) in [7, 11) is -1.67. The zero-order chi connectivity index (χ0) is 12.4. The summed E-state index contributed by atoms with van der Waals surface area (Å²) in [5, 5.41) is 9.33. The predicted molar refractivity (Wildman–Crippen MR) is 65.8 cm³/mol. The van der Waals surface area contributed by atoms with Crippen LogP contribution in [0.4, 0.5) is 0 Å². The SMILES string of the molecule is CC(C)(C)[Si](C)(C)OCc1cc[n+](O)cc1. The Hall–Kier alpha value is -0.873. The van der Waals surface area contributed by atoms with Crippen LogP contribution >= 0.6 is 0 Å². The topological polar surface area (TPSA) is 33.3 Å². The maximum absolute atomic E-state index is 9.10. The van der Waals surface area contributed by atoms with Crippen molar-refractivity contribution in [1.29, 1.82) is 0 Å². The Morgan fingerprint density at radius 2 is 1.75 bits per heavy atom. The Bertz CT molecular complexity index is 341. The molecule has 90 valence electrons. The fraction of sp³-hybridized carbons (Fsp3) is 0.583. The van der Waals surface area contributed by atoms with Crippen LogP contribution in [0.25, 0.3) is 0 Å². The Morgan fingerprint density at radius 3 is 2.19 bits per heavy atom. The van der Waals surface area contributed by atoms with E-state index in [1.165, 1.54) is 0 Å². The summed E-state index contributed by atoms with van der Waals surface area (Å²) in [6, 6.07) is 3.74. The molecule has 1 heterocycles. The van der Waals surface area contributed by atoms with Gasteiger partial charge in [0, 0.05) is 16.9 Å². The summed E-state index contributed by atoms with van der Waals surface area (Å²) in [5.41, 5.74) is 1.09. The van der Waals surface area contributed by atoms with E-state index in [1.54, 1.807) is 12.4 Å². The molecule has 1 aromatic heterocycles. The number of aromatic nitrogens is 1. The van der Waals surface area contributed by atoms with E-state index >= 15 is 0 Å². The van der Waals surface area contributed by atoms with E-state index in [1.807, 2.05) is 12.1 Å². The predicted octanol–water partition coefficient (Wildman–Crippen LogP) is 2.73. The fourth-order valence-corrected chi connectivity index (χ4v) is 1.99. The quantitative estimate of drug-likeness (QED) is 0.501. The van der Waals surface area contributed by atoms with Gasteiger partial charge >= 0.3 is 0 Å². The van der Waals surface area contributed by atoms with E-state index in [4.69, 9.17) is 9.63 Å². The van der Waals surface area contributed by atoms with Gasteiger partial charge in [-0.15, -0.1) is 0 Å². The molecule has 0 fully saturated rings. The highest BCUT2D eigenvalue weighted by Gasteiger charge is 2.36. The van der Waals surface area contributed by atoms with E-state index in [-0.39, 0.29) is 5.04 Å². The maximum atomic E-state index is 9.10. The van der Waals surface area contributed by atoms with Gasteiger partial charge in [0.2, 0.25) is 12.4 Å². The second-order valence-electron chi connectivity index (χ2n) is 5.64. The summed E-state index contributed by atoms with van der Waals surface area (Å²) < 4.78 is 7.11. The molecule has 0 spiro atoms. The van der Waals surface area contributed by atoms with Crippen LogP contribution in [0.5, 0.6) is 0 Å². The molecule has 1 N–H and O–H groups in total. The molecule has 1 aromatic rings. The second kappa shape index (κ2) is 4.55. The molecule has 0 aliphatic heterocycles. The van der Waals surface area contributed by atoms with Crippen LogP contribution in [-0.4, -0.2) is 13.5 Å². The molecule has 3 nitrogen and oxygen atoms in total. The van der Waals surface area contributed by atoms with Crippen molar-refractivity contribution in [3.8, 4) is 0 Å². The summed E-state index contributed by atoms with van der Waals surface area (Å²) >= 11 is 0. The lowest BCUT2D eigenvalue weighted by atomic mass is 10.2. The summed E-state index contributed by atoms with van der Waals surface area (Å²) in [6.45, 7) is 11.8. The molecule has 4 heteroatoms. The first-order chi connectivity index (χ1) is 7.22. The summed E-state index contributed by atoms with van der Waals surface area (Å²) in [6.07, 6.45) is 3.23. The lowest BCUT2D eigenvalue weighted by molar-refractivity contribution is -0.904. The van der Waals surface area contributed by atoms with Crippen molar-refractivity contribution in [1.82, 2.24) is 0 Å². The number of nitrogens with zero attached hydrogens (tertiary/aromatic N) is 1. The van der Waals surface area contributed by atoms with Crippen molar-refractivity contribution in [2.75, 3.05) is 0 Å². The Balaban J connectivity index is 2.61. The molecule has 0 aliphatic carbocycles. The summed E-state index contributed by atoms with van der Waals surface area (Å²) in [4.78, 5) is 0. The van der Waals surface area contributed by atoms with Crippen molar-refractivity contribution in [2.24, 2.45) is 0 Å². The lowest BCUT2D eigenvalue weighted by Crippen LogP contribution is -2.40. The molecule has 0 atom stereocenters. The highest BCUT2D eigenvalue weighted by Crippen LogP contribution is 2.36. The molecule has 0 unspecified atom stereocenters. The minimum absolute atomic E-state index is 0.235. The minimum Gasteiger partial charge on any atom is -0.413 e. The van der Waals surface area contributed by atoms with Gasteiger partial charge in [-0.2, -0.15) is 0 Å². The van der Waals surface area contributed by atoms with Gasteiger partial charge in [0.1, 0.15) is 0 Å². The van der Waals surface area contributed by atoms with E-state index in [0.29, 0.717) is 6.61 Å². The average Bonchev–Trinajstić information content (AvgIpc) is 2.15. The lowest BCUT2D eigenvalue weighted by Gasteiger charge is -2.36. The molecule has 0 aromatic carbocycles. The molecule has 0 aliphatic rings. The van der Waals surface area contributed by atoms with E-state index in [9.17, 15) is 0 Å². The highest BCUT2D eigenvalue weighted by atomic mass is 28.4. The molecule has 16 heavy (non-hydrogen) atoms. The van der Waals surface area contributed by atoms with Crippen LogP contribution in [0.1, 0.15) is 26.3 Å². The largest absolute Gasteiger partial charge is 0.413 e.